The number of aryl methyl sites for hydroxylation is 1. The molecule has 2 atom stereocenters. The first kappa shape index (κ1) is 21.0. The van der Waals surface area contributed by atoms with E-state index < -0.39 is 5.97 Å². The van der Waals surface area contributed by atoms with Crippen LogP contribution in [-0.2, 0) is 24.1 Å². The summed E-state index contributed by atoms with van der Waals surface area (Å²) in [7, 11) is 0. The van der Waals surface area contributed by atoms with Crippen LogP contribution in [0.25, 0.3) is 0 Å². The maximum Gasteiger partial charge on any atom is 0.307 e. The fourth-order valence-electron chi connectivity index (χ4n) is 4.33. The highest BCUT2D eigenvalue weighted by Crippen LogP contribution is 2.31. The average Bonchev–Trinajstić information content (AvgIpc) is 2.78. The molecule has 0 aliphatic carbocycles. The van der Waals surface area contributed by atoms with E-state index in [1.807, 2.05) is 30.3 Å². The van der Waals surface area contributed by atoms with Gasteiger partial charge in [0.15, 0.2) is 0 Å². The number of rotatable bonds is 8. The molecule has 3 aromatic rings. The van der Waals surface area contributed by atoms with Crippen LogP contribution in [0.4, 0.5) is 5.69 Å². The summed E-state index contributed by atoms with van der Waals surface area (Å²) in [6, 6.07) is 18.6. The summed E-state index contributed by atoms with van der Waals surface area (Å²) in [4.78, 5) is 11.1. The molecule has 2 aromatic carbocycles. The molecule has 31 heavy (non-hydrogen) atoms. The van der Waals surface area contributed by atoms with Crippen LogP contribution in [0.15, 0.2) is 60.8 Å². The van der Waals surface area contributed by atoms with Gasteiger partial charge in [0, 0.05) is 18.5 Å². The Morgan fingerprint density at radius 2 is 2.06 bits per heavy atom. The van der Waals surface area contributed by atoms with Crippen molar-refractivity contribution in [2.24, 2.45) is 5.92 Å². The number of carboxylic acids is 1. The quantitative estimate of drug-likeness (QED) is 0.520. The Balaban J connectivity index is 1.47. The first-order valence-electron chi connectivity index (χ1n) is 10.7. The number of fused-ring (bicyclic) bond motifs is 1. The number of aromatic nitrogens is 2. The Morgan fingerprint density at radius 3 is 2.87 bits per heavy atom. The number of benzene rings is 2. The van der Waals surface area contributed by atoms with Crippen molar-refractivity contribution in [3.63, 3.8) is 0 Å². The zero-order valence-corrected chi connectivity index (χ0v) is 17.7. The lowest BCUT2D eigenvalue weighted by Gasteiger charge is -2.32. The van der Waals surface area contributed by atoms with Crippen LogP contribution in [0.3, 0.4) is 0 Å². The Kier molecular flexibility index (Phi) is 6.57. The molecule has 0 unspecified atom stereocenters. The third-order valence-corrected chi connectivity index (χ3v) is 5.97. The Hall–Kier alpha value is -3.25. The second-order valence-electron chi connectivity index (χ2n) is 8.16. The molecule has 1 aromatic heterocycles. The highest BCUT2D eigenvalue weighted by atomic mass is 16.4. The predicted octanol–water partition coefficient (Wildman–Crippen LogP) is 3.57. The lowest BCUT2D eigenvalue weighted by atomic mass is 9.86. The van der Waals surface area contributed by atoms with Crippen molar-refractivity contribution in [1.82, 2.24) is 15.5 Å². The van der Waals surface area contributed by atoms with Crippen LogP contribution in [0.5, 0.6) is 0 Å². The molecule has 0 radical (unpaired) electrons. The fraction of sp³-hybridized carbons (Fsp3) is 0.320. The number of carbonyl (C=O) groups is 1. The summed E-state index contributed by atoms with van der Waals surface area (Å²) in [5, 5.41) is 24.7. The van der Waals surface area contributed by atoms with Gasteiger partial charge in [-0.3, -0.25) is 4.79 Å². The normalized spacial score (nSPS) is 16.2. The molecule has 2 heterocycles. The molecule has 1 aliphatic rings. The van der Waals surface area contributed by atoms with Crippen molar-refractivity contribution in [3.05, 3.63) is 88.7 Å². The third kappa shape index (κ3) is 5.27. The van der Waals surface area contributed by atoms with E-state index in [4.69, 9.17) is 5.11 Å². The van der Waals surface area contributed by atoms with Crippen LogP contribution in [0.1, 0.15) is 34.0 Å². The molecular weight excluding hydrogens is 388 g/mol. The molecular formula is C25H28N4O2. The van der Waals surface area contributed by atoms with Gasteiger partial charge in [-0.15, -0.1) is 0 Å². The maximum atomic E-state index is 11.1. The van der Waals surface area contributed by atoms with Gasteiger partial charge in [0.25, 0.3) is 0 Å². The fourth-order valence-corrected chi connectivity index (χ4v) is 4.33. The molecule has 1 aliphatic heterocycles. The molecule has 0 amide bonds. The summed E-state index contributed by atoms with van der Waals surface area (Å²) in [5.41, 5.74) is 6.58. The lowest BCUT2D eigenvalue weighted by molar-refractivity contribution is -0.136. The summed E-state index contributed by atoms with van der Waals surface area (Å²) in [5.74, 6) is -0.448. The van der Waals surface area contributed by atoms with E-state index in [0.717, 1.165) is 42.9 Å². The molecule has 0 bridgehead atoms. The highest BCUT2D eigenvalue weighted by Gasteiger charge is 2.28. The first-order chi connectivity index (χ1) is 15.1. The Bertz CT molecular complexity index is 1040. The van der Waals surface area contributed by atoms with Gasteiger partial charge >= 0.3 is 5.97 Å². The van der Waals surface area contributed by atoms with Crippen molar-refractivity contribution in [1.29, 1.82) is 0 Å². The van der Waals surface area contributed by atoms with E-state index in [-0.39, 0.29) is 12.5 Å². The van der Waals surface area contributed by atoms with Crippen molar-refractivity contribution in [3.8, 4) is 0 Å². The van der Waals surface area contributed by atoms with Crippen molar-refractivity contribution in [2.45, 2.75) is 32.2 Å². The standard InChI is InChI=1S/C25H28N4O2/c1-17-7-8-18(14-24(30)31)13-20(17)9-11-26-25(19-5-3-2-4-6-19)21-15-23-22(27-16-21)10-12-28-29-23/h2-8,10,12-13,21,25-27H,9,11,14-16H2,1H3,(H,30,31)/t21-,25-/m1/s1. The smallest absolute Gasteiger partial charge is 0.307 e. The van der Waals surface area contributed by atoms with E-state index in [1.165, 1.54) is 16.7 Å². The topological polar surface area (TPSA) is 87.1 Å². The van der Waals surface area contributed by atoms with Crippen LogP contribution in [0, 0.1) is 12.8 Å². The van der Waals surface area contributed by atoms with E-state index in [9.17, 15) is 4.79 Å². The molecule has 160 valence electrons. The van der Waals surface area contributed by atoms with Gasteiger partial charge in [-0.05, 0) is 54.6 Å². The summed E-state index contributed by atoms with van der Waals surface area (Å²) in [6.07, 6.45) is 3.50. The molecule has 0 spiro atoms. The second kappa shape index (κ2) is 9.71. The number of hydrogen-bond donors (Lipinski definition) is 3. The summed E-state index contributed by atoms with van der Waals surface area (Å²) in [6.45, 7) is 3.76. The maximum absolute atomic E-state index is 11.1. The Morgan fingerprint density at radius 1 is 1.23 bits per heavy atom. The van der Waals surface area contributed by atoms with Gasteiger partial charge in [0.05, 0.1) is 24.0 Å². The average molecular weight is 417 g/mol. The molecule has 4 rings (SSSR count). The lowest BCUT2D eigenvalue weighted by Crippen LogP contribution is -2.37. The van der Waals surface area contributed by atoms with Gasteiger partial charge in [-0.2, -0.15) is 10.2 Å². The third-order valence-electron chi connectivity index (χ3n) is 5.97. The minimum absolute atomic E-state index is 0.0571. The van der Waals surface area contributed by atoms with E-state index in [1.54, 1.807) is 6.20 Å². The summed E-state index contributed by atoms with van der Waals surface area (Å²) >= 11 is 0. The van der Waals surface area contributed by atoms with Gasteiger partial charge in [-0.1, -0.05) is 48.5 Å². The van der Waals surface area contributed by atoms with Crippen molar-refractivity contribution >= 4 is 11.7 Å². The number of nitrogens with one attached hydrogen (secondary N) is 2. The monoisotopic (exact) mass is 416 g/mol. The number of anilines is 1. The Labute approximate surface area is 182 Å². The van der Waals surface area contributed by atoms with Crippen molar-refractivity contribution in [2.75, 3.05) is 18.4 Å². The molecule has 6 heteroatoms. The van der Waals surface area contributed by atoms with Gasteiger partial charge in [0.1, 0.15) is 0 Å². The number of hydrogen-bond acceptors (Lipinski definition) is 5. The van der Waals surface area contributed by atoms with Crippen molar-refractivity contribution < 1.29 is 9.90 Å². The van der Waals surface area contributed by atoms with E-state index in [2.05, 4.69) is 52.0 Å². The SMILES string of the molecule is Cc1ccc(CC(=O)O)cc1CCN[C@H](c1ccccc1)[C@H]1CNc2ccnnc2C1. The number of aliphatic carboxylic acids is 1. The zero-order chi connectivity index (χ0) is 21.6. The first-order valence-corrected chi connectivity index (χ1v) is 10.7. The molecule has 3 N–H and O–H groups in total. The van der Waals surface area contributed by atoms with E-state index in [0.29, 0.717) is 5.92 Å². The van der Waals surface area contributed by atoms with Gasteiger partial charge in [0.2, 0.25) is 0 Å². The molecule has 6 nitrogen and oxygen atoms in total. The molecule has 0 fully saturated rings. The highest BCUT2D eigenvalue weighted by molar-refractivity contribution is 5.70. The zero-order valence-electron chi connectivity index (χ0n) is 17.7. The minimum atomic E-state index is -0.801. The van der Waals surface area contributed by atoms with Crippen LogP contribution < -0.4 is 10.6 Å². The number of carboxylic acid groups (broad SMARTS) is 1. The van der Waals surface area contributed by atoms with Gasteiger partial charge < -0.3 is 15.7 Å². The second-order valence-corrected chi connectivity index (χ2v) is 8.16. The van der Waals surface area contributed by atoms with E-state index >= 15 is 0 Å². The molecule has 0 saturated carbocycles. The largest absolute Gasteiger partial charge is 0.481 e. The molecule has 0 saturated heterocycles. The predicted molar refractivity (Wildman–Crippen MR) is 121 cm³/mol. The van der Waals surface area contributed by atoms with Gasteiger partial charge in [-0.25, -0.2) is 0 Å². The van der Waals surface area contributed by atoms with Crippen LogP contribution in [-0.4, -0.2) is 34.4 Å². The summed E-state index contributed by atoms with van der Waals surface area (Å²) < 4.78 is 0. The number of nitrogens with zero attached hydrogens (tertiary/aromatic N) is 2. The van der Waals surface area contributed by atoms with Crippen LogP contribution >= 0.6 is 0 Å². The van der Waals surface area contributed by atoms with Crippen LogP contribution in [0.2, 0.25) is 0 Å². The minimum Gasteiger partial charge on any atom is -0.481 e.